The molecule has 13 aromatic carbocycles. The molecule has 0 radical (unpaired) electrons. The molecule has 0 atom stereocenters. The summed E-state index contributed by atoms with van der Waals surface area (Å²) < 4.78 is 12.4. The van der Waals surface area contributed by atoms with Gasteiger partial charge in [-0.3, -0.25) is 0 Å². The van der Waals surface area contributed by atoms with Crippen LogP contribution in [0.4, 0.5) is 0 Å². The van der Waals surface area contributed by atoms with E-state index >= 15 is 0 Å². The predicted molar refractivity (Wildman–Crippen MR) is 295 cm³/mol. The van der Waals surface area contributed by atoms with Crippen molar-refractivity contribution in [3.63, 3.8) is 0 Å². The van der Waals surface area contributed by atoms with Crippen molar-refractivity contribution in [1.82, 2.24) is 19.9 Å². The molecule has 16 aromatic rings. The van der Waals surface area contributed by atoms with Crippen LogP contribution in [-0.2, 0) is 0 Å². The summed E-state index contributed by atoms with van der Waals surface area (Å²) in [5.74, 6) is 1.75. The molecule has 16 rings (SSSR count). The van der Waals surface area contributed by atoms with Gasteiger partial charge in [-0.15, -0.1) is 0 Å². The number of hydrogen-bond acceptors (Lipinski definition) is 6. The zero-order valence-electron chi connectivity index (χ0n) is 38.4. The Morgan fingerprint density at radius 2 is 0.736 bits per heavy atom. The quantitative estimate of drug-likeness (QED) is 0.155. The molecule has 3 heterocycles. The molecule has 0 N–H and O–H groups in total. The highest BCUT2D eigenvalue weighted by atomic mass is 16.4. The van der Waals surface area contributed by atoms with E-state index in [0.717, 1.165) is 83.3 Å². The number of rotatable bonds is 6. The van der Waals surface area contributed by atoms with Gasteiger partial charge in [0.2, 0.25) is 11.8 Å². The van der Waals surface area contributed by atoms with Gasteiger partial charge in [0.15, 0.2) is 17.0 Å². The fraction of sp³-hybridized carbons (Fsp3) is 0. The van der Waals surface area contributed by atoms with Crippen LogP contribution in [0.3, 0.4) is 0 Å². The maximum absolute atomic E-state index is 6.24. The summed E-state index contributed by atoms with van der Waals surface area (Å²) in [5, 5.41) is 15.8. The van der Waals surface area contributed by atoms with Crippen molar-refractivity contribution in [3.8, 4) is 67.8 Å². The average Bonchev–Trinajstić information content (AvgIpc) is 4.09. The van der Waals surface area contributed by atoms with Crippen LogP contribution in [0.2, 0.25) is 0 Å². The Balaban J connectivity index is 0.977. The molecule has 0 amide bonds. The third-order valence-electron chi connectivity index (χ3n) is 14.8. The van der Waals surface area contributed by atoms with Crippen LogP contribution in [0.1, 0.15) is 0 Å². The minimum absolute atomic E-state index is 0.567. The van der Waals surface area contributed by atoms with Gasteiger partial charge in [0.1, 0.15) is 11.0 Å². The molecule has 0 fully saturated rings. The molecular weight excluding hydrogens is 881 g/mol. The van der Waals surface area contributed by atoms with E-state index in [1.807, 2.05) is 60.7 Å². The Labute approximate surface area is 410 Å². The highest BCUT2D eigenvalue weighted by Gasteiger charge is 2.22. The van der Waals surface area contributed by atoms with E-state index in [4.69, 9.17) is 28.8 Å². The minimum atomic E-state index is 0.567. The summed E-state index contributed by atoms with van der Waals surface area (Å²) in [6, 6.07) is 77.5. The van der Waals surface area contributed by atoms with Crippen molar-refractivity contribution >= 4 is 97.7 Å². The lowest BCUT2D eigenvalue weighted by Gasteiger charge is -2.19. The molecular formula is C66H36N4O2. The van der Waals surface area contributed by atoms with E-state index in [2.05, 4.69) is 158 Å². The largest absolute Gasteiger partial charge is 0.436 e. The summed E-state index contributed by atoms with van der Waals surface area (Å²) in [6.45, 7) is 0. The molecule has 0 unspecified atom stereocenters. The van der Waals surface area contributed by atoms with Crippen LogP contribution in [0.25, 0.3) is 166 Å². The highest BCUT2D eigenvalue weighted by molar-refractivity contribution is 6.28. The normalized spacial score (nSPS) is 12.2. The monoisotopic (exact) mass is 916 g/mol. The Morgan fingerprint density at radius 3 is 1.29 bits per heavy atom. The second-order valence-electron chi connectivity index (χ2n) is 18.9. The fourth-order valence-electron chi connectivity index (χ4n) is 11.4. The zero-order chi connectivity index (χ0) is 47.0. The Bertz CT molecular complexity index is 4760. The van der Waals surface area contributed by atoms with E-state index < -0.39 is 0 Å². The van der Waals surface area contributed by atoms with Gasteiger partial charge in [-0.25, -0.2) is 19.9 Å². The number of hydrogen-bond donors (Lipinski definition) is 0. The lowest BCUT2D eigenvalue weighted by Crippen LogP contribution is -1.99. The zero-order valence-corrected chi connectivity index (χ0v) is 38.4. The smallest absolute Gasteiger partial charge is 0.227 e. The minimum Gasteiger partial charge on any atom is -0.436 e. The molecule has 0 saturated heterocycles. The van der Waals surface area contributed by atoms with Gasteiger partial charge in [-0.05, 0) is 142 Å². The van der Waals surface area contributed by atoms with E-state index in [1.165, 1.54) is 64.6 Å². The third-order valence-corrected chi connectivity index (χ3v) is 14.8. The van der Waals surface area contributed by atoms with E-state index in [1.54, 1.807) is 0 Å². The van der Waals surface area contributed by atoms with Crippen molar-refractivity contribution in [2.45, 2.75) is 0 Å². The maximum atomic E-state index is 6.24. The van der Waals surface area contributed by atoms with Gasteiger partial charge < -0.3 is 8.83 Å². The molecule has 0 aliphatic heterocycles. The first-order valence-corrected chi connectivity index (χ1v) is 24.3. The van der Waals surface area contributed by atoms with E-state index in [-0.39, 0.29) is 0 Å². The third kappa shape index (κ3) is 5.84. The molecule has 0 spiro atoms. The van der Waals surface area contributed by atoms with Crippen LogP contribution in [0.15, 0.2) is 227 Å². The van der Waals surface area contributed by atoms with Crippen molar-refractivity contribution in [2.24, 2.45) is 0 Å². The summed E-state index contributed by atoms with van der Waals surface area (Å²) >= 11 is 0. The van der Waals surface area contributed by atoms with Crippen LogP contribution < -0.4 is 0 Å². The molecule has 0 aliphatic carbocycles. The Morgan fingerprint density at radius 1 is 0.278 bits per heavy atom. The number of benzene rings is 13. The lowest BCUT2D eigenvalue weighted by atomic mass is 9.86. The molecule has 332 valence electrons. The number of nitrogens with zero attached hydrogens (tertiary/aromatic N) is 4. The summed E-state index contributed by atoms with van der Waals surface area (Å²) in [6.07, 6.45) is 0. The van der Waals surface area contributed by atoms with Gasteiger partial charge in [-0.2, -0.15) is 0 Å². The fourth-order valence-corrected chi connectivity index (χ4v) is 11.4. The van der Waals surface area contributed by atoms with Crippen LogP contribution in [0.5, 0.6) is 0 Å². The number of fused-ring (bicyclic) bond motifs is 3. The number of oxazole rings is 2. The van der Waals surface area contributed by atoms with Gasteiger partial charge in [0.25, 0.3) is 0 Å². The number of aromatic nitrogens is 4. The van der Waals surface area contributed by atoms with Crippen molar-refractivity contribution < 1.29 is 8.83 Å². The molecule has 0 saturated carbocycles. The molecule has 0 aliphatic rings. The van der Waals surface area contributed by atoms with Gasteiger partial charge in [-0.1, -0.05) is 158 Å². The van der Waals surface area contributed by atoms with Crippen molar-refractivity contribution in [3.05, 3.63) is 218 Å². The van der Waals surface area contributed by atoms with Gasteiger partial charge >= 0.3 is 0 Å². The Kier molecular flexibility index (Phi) is 8.07. The van der Waals surface area contributed by atoms with E-state index in [0.29, 0.717) is 17.6 Å². The second kappa shape index (κ2) is 14.9. The lowest BCUT2D eigenvalue weighted by molar-refractivity contribution is 0.619. The first-order chi connectivity index (χ1) is 35.6. The van der Waals surface area contributed by atoms with E-state index in [9.17, 15) is 0 Å². The molecule has 72 heavy (non-hydrogen) atoms. The molecule has 0 bridgehead atoms. The number of para-hydroxylation sites is 4. The summed E-state index contributed by atoms with van der Waals surface area (Å²) in [5.41, 5.74) is 12.8. The predicted octanol–water partition coefficient (Wildman–Crippen LogP) is 17.7. The highest BCUT2D eigenvalue weighted by Crippen LogP contribution is 2.46. The first kappa shape index (κ1) is 39.1. The SMILES string of the molecule is c1cc2ccc3ccc(-c4cc(-c5ccc6ccc7cccc8ccc5c6c78)c5nc(-c6ccc(-c7nc8ccccc8o7)cc6)nc(-c6ccc(-c7nc8ccccc8o7)cc6)c5c4)c4ccc(c1)c2c34. The van der Waals surface area contributed by atoms with Gasteiger partial charge in [0, 0.05) is 33.2 Å². The van der Waals surface area contributed by atoms with Gasteiger partial charge in [0.05, 0.1) is 11.2 Å². The van der Waals surface area contributed by atoms with Crippen molar-refractivity contribution in [1.29, 1.82) is 0 Å². The standard InChI is InChI=1S/C66H36N4O2/c1-3-13-56-54(11-1)67-65(71-56)45-23-19-43(20-24-45)62-53-36-47(48-31-27-41-17-15-37-7-5-9-39-29-33-50(48)60(41)58(37)39)35-52(49-32-28-42-18-16-38-8-6-10-40-30-34-51(49)61(42)59(38)40)63(53)70-64(69-62)44-21-25-46(26-22-44)66-68-55-12-2-4-14-57(55)72-66/h1-36H. The summed E-state index contributed by atoms with van der Waals surface area (Å²) in [4.78, 5) is 20.8. The average molecular weight is 917 g/mol. The Hall–Kier alpha value is -9.78. The molecule has 6 nitrogen and oxygen atoms in total. The summed E-state index contributed by atoms with van der Waals surface area (Å²) in [7, 11) is 0. The first-order valence-electron chi connectivity index (χ1n) is 24.3. The molecule has 3 aromatic heterocycles. The van der Waals surface area contributed by atoms with Crippen LogP contribution in [0, 0.1) is 0 Å². The maximum Gasteiger partial charge on any atom is 0.227 e. The second-order valence-corrected chi connectivity index (χ2v) is 18.9. The van der Waals surface area contributed by atoms with Crippen LogP contribution in [-0.4, -0.2) is 19.9 Å². The van der Waals surface area contributed by atoms with Crippen molar-refractivity contribution in [2.75, 3.05) is 0 Å². The topological polar surface area (TPSA) is 77.8 Å². The van der Waals surface area contributed by atoms with Crippen LogP contribution >= 0.6 is 0 Å². The molecule has 6 heteroatoms.